The molecule has 0 bridgehead atoms. The Morgan fingerprint density at radius 2 is 1.09 bits per heavy atom. The lowest BCUT2D eigenvalue weighted by Gasteiger charge is -2.31. The lowest BCUT2D eigenvalue weighted by atomic mass is 10.0. The van der Waals surface area contributed by atoms with Crippen LogP contribution in [0, 0.1) is 5.92 Å². The Kier molecular flexibility index (Phi) is 28.0. The summed E-state index contributed by atoms with van der Waals surface area (Å²) >= 11 is 0. The number of carboxylic acid groups (broad SMARTS) is 1. The van der Waals surface area contributed by atoms with Gasteiger partial charge >= 0.3 is 5.97 Å². The number of rotatable bonds is 35. The normalized spacial score (nSPS) is 17.0. The first-order chi connectivity index (χ1) is 42.0. The van der Waals surface area contributed by atoms with E-state index < -0.39 is 182 Å². The number of nitrogens with one attached hydrogen (secondary N) is 12. The number of hydrogen-bond donors (Lipinski definition) is 19. The number of fused-ring (bicyclic) bond motifs is 1. The van der Waals surface area contributed by atoms with Crippen molar-refractivity contribution in [2.45, 2.75) is 165 Å². The van der Waals surface area contributed by atoms with E-state index in [1.165, 1.54) is 40.2 Å². The smallest absolute Gasteiger partial charge is 0.326 e. The number of primary amides is 1. The number of aliphatic carboxylic acids is 1. The first-order valence-corrected chi connectivity index (χ1v) is 28.6. The lowest BCUT2D eigenvalue weighted by Crippen LogP contribution is -2.61. The maximum atomic E-state index is 14.4. The molecule has 1 aliphatic rings. The first-order valence-electron chi connectivity index (χ1n) is 28.6. The summed E-state index contributed by atoms with van der Waals surface area (Å²) < 4.78 is 0. The van der Waals surface area contributed by atoms with Crippen LogP contribution in [0.25, 0.3) is 10.9 Å². The predicted octanol–water partition coefficient (Wildman–Crippen LogP) is -7.34. The van der Waals surface area contributed by atoms with E-state index in [4.69, 9.17) is 11.5 Å². The number of nitrogens with zero attached hydrogens (tertiary/aromatic N) is 2. The zero-order valence-electron chi connectivity index (χ0n) is 50.0. The fraction of sp³-hybridized carbons (Fsp3) is 0.564. The number of aromatic nitrogens is 3. The second-order valence-electron chi connectivity index (χ2n) is 21.9. The largest absolute Gasteiger partial charge is 0.480 e. The average Bonchev–Trinajstić information content (AvgIpc) is 2.98. The zero-order valence-corrected chi connectivity index (χ0v) is 50.0. The summed E-state index contributed by atoms with van der Waals surface area (Å²) in [5, 5.41) is 73.5. The molecule has 12 amide bonds. The third-order valence-corrected chi connectivity index (χ3v) is 14.3. The van der Waals surface area contributed by atoms with Gasteiger partial charge in [-0.05, 0) is 70.9 Å². The summed E-state index contributed by atoms with van der Waals surface area (Å²) in [6, 6.07) is -10.7. The van der Waals surface area contributed by atoms with Crippen LogP contribution in [0.2, 0.25) is 0 Å². The number of imidazole rings is 1. The van der Waals surface area contributed by atoms with Gasteiger partial charge in [0.25, 0.3) is 0 Å². The van der Waals surface area contributed by atoms with Crippen LogP contribution in [-0.4, -0.2) is 227 Å². The monoisotopic (exact) mass is 1250 g/mol. The van der Waals surface area contributed by atoms with Crippen molar-refractivity contribution in [2.24, 2.45) is 17.4 Å². The molecule has 34 heteroatoms. The van der Waals surface area contributed by atoms with E-state index in [2.05, 4.69) is 68.1 Å². The van der Waals surface area contributed by atoms with Gasteiger partial charge in [0.1, 0.15) is 72.5 Å². The molecule has 0 spiro atoms. The molecular weight excluding hydrogens is 1170 g/mol. The van der Waals surface area contributed by atoms with E-state index in [-0.39, 0.29) is 51.0 Å². The number of benzene rings is 1. The molecule has 2 aromatic heterocycles. The van der Waals surface area contributed by atoms with Crippen molar-refractivity contribution in [1.29, 1.82) is 0 Å². The van der Waals surface area contributed by atoms with Crippen molar-refractivity contribution in [3.05, 3.63) is 54.2 Å². The van der Waals surface area contributed by atoms with Crippen molar-refractivity contribution in [3.63, 3.8) is 0 Å². The third kappa shape index (κ3) is 21.6. The quantitative estimate of drug-likeness (QED) is 0.0260. The highest BCUT2D eigenvalue weighted by molar-refractivity contribution is 6.00. The van der Waals surface area contributed by atoms with Crippen LogP contribution in [0.15, 0.2) is 43.0 Å². The van der Waals surface area contributed by atoms with Gasteiger partial charge in [0.15, 0.2) is 0 Å². The maximum absolute atomic E-state index is 14.4. The third-order valence-electron chi connectivity index (χ3n) is 14.3. The number of para-hydroxylation sites is 1. The number of hydrogen-bond acceptors (Lipinski definition) is 19. The van der Waals surface area contributed by atoms with Crippen LogP contribution in [0.4, 0.5) is 0 Å². The molecule has 1 aliphatic heterocycles. The molecule has 0 saturated carbocycles. The summed E-state index contributed by atoms with van der Waals surface area (Å²) in [6.45, 7) is 5.24. The van der Waals surface area contributed by atoms with E-state index in [0.717, 1.165) is 15.8 Å². The Morgan fingerprint density at radius 1 is 0.607 bits per heavy atom. The summed E-state index contributed by atoms with van der Waals surface area (Å²) in [6.07, 6.45) is 2.27. The van der Waals surface area contributed by atoms with Crippen molar-refractivity contribution in [1.82, 2.24) is 73.0 Å². The molecule has 1 aromatic carbocycles. The predicted molar refractivity (Wildman–Crippen MR) is 312 cm³/mol. The van der Waals surface area contributed by atoms with Gasteiger partial charge in [-0.1, -0.05) is 32.0 Å². The lowest BCUT2D eigenvalue weighted by molar-refractivity contribution is -0.143. The van der Waals surface area contributed by atoms with Gasteiger partial charge in [-0.2, -0.15) is 0 Å². The molecule has 0 aliphatic carbocycles. The van der Waals surface area contributed by atoms with Crippen molar-refractivity contribution in [3.8, 4) is 0 Å². The minimum absolute atomic E-state index is 0.0200. The summed E-state index contributed by atoms with van der Waals surface area (Å²) in [5.74, 6) is -13.2. The molecule has 0 unspecified atom stereocenters. The number of aromatic amines is 2. The molecule has 4 rings (SSSR count). The summed E-state index contributed by atoms with van der Waals surface area (Å²) in [5.41, 5.74) is 12.8. The van der Waals surface area contributed by atoms with Crippen molar-refractivity contribution in [2.75, 3.05) is 26.4 Å². The molecule has 1 fully saturated rings. The second-order valence-corrected chi connectivity index (χ2v) is 21.9. The van der Waals surface area contributed by atoms with E-state index >= 15 is 0 Å². The average molecular weight is 1260 g/mol. The van der Waals surface area contributed by atoms with E-state index in [0.29, 0.717) is 11.3 Å². The second kappa shape index (κ2) is 34.4. The maximum Gasteiger partial charge on any atom is 0.326 e. The summed E-state index contributed by atoms with van der Waals surface area (Å²) in [7, 11) is 0. The fourth-order valence-corrected chi connectivity index (χ4v) is 9.21. The highest BCUT2D eigenvalue weighted by Gasteiger charge is 2.40. The van der Waals surface area contributed by atoms with Crippen LogP contribution in [-0.2, 0) is 75.2 Å². The van der Waals surface area contributed by atoms with Crippen molar-refractivity contribution >= 4 is 87.8 Å². The Hall–Kier alpha value is -9.12. The Bertz CT molecular complexity index is 2990. The first kappa shape index (κ1) is 72.4. The van der Waals surface area contributed by atoms with E-state index in [1.807, 2.05) is 6.07 Å². The topological polar surface area (TPSA) is 543 Å². The number of carbonyl (C=O) groups is 13. The van der Waals surface area contributed by atoms with Crippen LogP contribution in [0.3, 0.4) is 0 Å². The van der Waals surface area contributed by atoms with Gasteiger partial charge in [0.2, 0.25) is 70.9 Å². The minimum Gasteiger partial charge on any atom is -0.480 e. The molecule has 34 nitrogen and oxygen atoms in total. The number of nitrogens with two attached hydrogens (primary N) is 2. The molecule has 21 N–H and O–H groups in total. The molecular formula is C55H82N16O18. The number of likely N-dealkylation sites (tertiary alicyclic amines) is 1. The van der Waals surface area contributed by atoms with Gasteiger partial charge in [-0.15, -0.1) is 0 Å². The minimum atomic E-state index is -1.82. The van der Waals surface area contributed by atoms with Gasteiger partial charge in [0.05, 0.1) is 32.3 Å². The number of aliphatic hydroxyl groups is 4. The van der Waals surface area contributed by atoms with Gasteiger partial charge in [0, 0.05) is 54.8 Å². The Balaban J connectivity index is 1.39. The van der Waals surface area contributed by atoms with Crippen LogP contribution in [0.1, 0.15) is 84.9 Å². The highest BCUT2D eigenvalue weighted by Crippen LogP contribution is 2.22. The number of carbonyl (C=O) groups excluding carboxylic acids is 12. The van der Waals surface area contributed by atoms with Crippen LogP contribution in [0.5, 0.6) is 0 Å². The van der Waals surface area contributed by atoms with Crippen LogP contribution < -0.4 is 64.6 Å². The molecule has 1 saturated heterocycles. The molecule has 0 radical (unpaired) electrons. The van der Waals surface area contributed by atoms with Gasteiger partial charge in [-0.3, -0.25) is 57.5 Å². The Labute approximate surface area is 510 Å². The Morgan fingerprint density at radius 3 is 1.61 bits per heavy atom. The number of carboxylic acids is 1. The summed E-state index contributed by atoms with van der Waals surface area (Å²) in [4.78, 5) is 184. The van der Waals surface area contributed by atoms with Gasteiger partial charge < -0.3 is 105 Å². The molecule has 490 valence electrons. The fourth-order valence-electron chi connectivity index (χ4n) is 9.21. The van der Waals surface area contributed by atoms with E-state index in [1.54, 1.807) is 38.2 Å². The molecule has 3 heterocycles. The number of H-pyrrole nitrogens is 2. The molecule has 89 heavy (non-hydrogen) atoms. The molecule has 13 atom stereocenters. The van der Waals surface area contributed by atoms with Crippen LogP contribution >= 0.6 is 0 Å². The molecule has 3 aromatic rings. The van der Waals surface area contributed by atoms with Gasteiger partial charge in [-0.25, -0.2) is 9.78 Å². The van der Waals surface area contributed by atoms with E-state index in [9.17, 15) is 87.9 Å². The standard InChI is InChI=1S/C55H82N16O18/c1-25(2)16-35(65-44(77)26(3)62-49(82)38(21-72)68-50(83)39(22-73)69-51(84)40(23-74)70-53(86)43(57)29(6)75)48(81)64-34(13-14-42(56)76)54(87)71-15-9-12-41(71)52(85)63-28(5)45(78)66-36(18-31-20-58-24-60-31)47(80)61-27(4)46(79)67-37(55(88)89)17-30-19-59-33-11-8-7-10-32(30)33/h7-8,10-11,19-20,24-29,34-41,43,59,72-75H,9,12-18,21-23,57H2,1-6H3,(H2,56,76)(H,58,60)(H,61,80)(H,62,82)(H,63,85)(H,64,81)(H,65,77)(H,66,78)(H,67,79)(H,68,83)(H,69,84)(H,70,86)(H,88,89)/t26-,27-,28-,29+,34-,35-,36-,37-,38-,39-,40-,41-,43-/m0/s1. The van der Waals surface area contributed by atoms with Crippen molar-refractivity contribution < 1.29 is 87.9 Å². The highest BCUT2D eigenvalue weighted by atomic mass is 16.4. The SMILES string of the molecule is CC(C)C[C@H](NC(=O)[C@H](C)NC(=O)[C@H](CO)NC(=O)[C@H](CO)NC(=O)[C@H](CO)NC(=O)[C@@H](N)[C@@H](C)O)C(=O)N[C@@H](CCC(N)=O)C(=O)N1CCC[C@H]1C(=O)N[C@@H](C)C(=O)N[C@@H](Cc1cnc[nH]1)C(=O)N[C@@H](C)C(=O)N[C@@H](Cc1c[nH]c2ccccc12)C(=O)O. The zero-order chi connectivity index (χ0) is 66.4. The number of aliphatic hydroxyl groups excluding tert-OH is 4. The number of amides is 12.